The molecule has 0 bridgehead atoms. The van der Waals surface area contributed by atoms with E-state index >= 15 is 0 Å². The molecule has 6 heteroatoms. The highest BCUT2D eigenvalue weighted by atomic mass is 16.5. The molecule has 0 saturated carbocycles. The molecule has 128 valence electrons. The van der Waals surface area contributed by atoms with Crippen LogP contribution in [-0.4, -0.2) is 53.6 Å². The van der Waals surface area contributed by atoms with Crippen molar-refractivity contribution < 1.29 is 9.53 Å². The highest BCUT2D eigenvalue weighted by Crippen LogP contribution is 2.21. The van der Waals surface area contributed by atoms with Gasteiger partial charge in [-0.1, -0.05) is 0 Å². The third-order valence-corrected chi connectivity index (χ3v) is 4.57. The Balaban J connectivity index is 1.63. The summed E-state index contributed by atoms with van der Waals surface area (Å²) in [7, 11) is 1.67. The van der Waals surface area contributed by atoms with Crippen LogP contribution in [0.25, 0.3) is 0 Å². The Hall–Kier alpha value is -2.50. The van der Waals surface area contributed by atoms with Gasteiger partial charge < -0.3 is 19.1 Å². The zero-order chi connectivity index (χ0) is 16.9. The average molecular weight is 328 g/mol. The van der Waals surface area contributed by atoms with Crippen LogP contribution in [0, 0.1) is 0 Å². The quantitative estimate of drug-likeness (QED) is 0.863. The van der Waals surface area contributed by atoms with Gasteiger partial charge in [0.1, 0.15) is 11.8 Å². The molecule has 0 radical (unpaired) electrons. The second-order valence-corrected chi connectivity index (χ2v) is 6.05. The van der Waals surface area contributed by atoms with E-state index in [0.717, 1.165) is 38.3 Å². The molecule has 1 aliphatic rings. The lowest BCUT2D eigenvalue weighted by Crippen LogP contribution is -2.38. The van der Waals surface area contributed by atoms with Gasteiger partial charge in [0, 0.05) is 44.3 Å². The number of methoxy groups -OCH3 is 1. The first-order chi connectivity index (χ1) is 11.7. The van der Waals surface area contributed by atoms with E-state index in [1.807, 2.05) is 34.7 Å². The van der Waals surface area contributed by atoms with Crippen molar-refractivity contribution in [3.63, 3.8) is 0 Å². The number of amides is 1. The van der Waals surface area contributed by atoms with Crippen molar-refractivity contribution in [1.29, 1.82) is 0 Å². The smallest absolute Gasteiger partial charge is 0.245 e. The number of carbonyl (C=O) groups is 1. The van der Waals surface area contributed by atoms with Gasteiger partial charge in [-0.3, -0.25) is 4.79 Å². The fourth-order valence-electron chi connectivity index (χ4n) is 3.08. The van der Waals surface area contributed by atoms with Gasteiger partial charge >= 0.3 is 0 Å². The maximum absolute atomic E-state index is 12.7. The summed E-state index contributed by atoms with van der Waals surface area (Å²) >= 11 is 0. The van der Waals surface area contributed by atoms with Crippen LogP contribution in [0.4, 0.5) is 5.69 Å². The van der Waals surface area contributed by atoms with Crippen molar-refractivity contribution >= 4 is 11.6 Å². The monoisotopic (exact) mass is 328 g/mol. The molecular weight excluding hydrogens is 304 g/mol. The van der Waals surface area contributed by atoms with E-state index in [1.54, 1.807) is 19.6 Å². The number of carbonyl (C=O) groups excluding carboxylic acids is 1. The number of benzene rings is 1. The lowest BCUT2D eigenvalue weighted by atomic mass is 10.2. The fraction of sp³-hybridized carbons (Fsp3) is 0.444. The first-order valence-electron chi connectivity index (χ1n) is 8.34. The SMILES string of the molecule is COc1ccc(N2CCCN(C(=O)C(C)n3ccnc3)CC2)cc1. The highest BCUT2D eigenvalue weighted by molar-refractivity contribution is 5.80. The lowest BCUT2D eigenvalue weighted by Gasteiger charge is -2.26. The van der Waals surface area contributed by atoms with Crippen molar-refractivity contribution in [3.8, 4) is 5.75 Å². The van der Waals surface area contributed by atoms with Crippen molar-refractivity contribution in [3.05, 3.63) is 43.0 Å². The van der Waals surface area contributed by atoms with Crippen molar-refractivity contribution in [2.24, 2.45) is 0 Å². The molecule has 6 nitrogen and oxygen atoms in total. The molecule has 0 N–H and O–H groups in total. The lowest BCUT2D eigenvalue weighted by molar-refractivity contribution is -0.134. The van der Waals surface area contributed by atoms with E-state index < -0.39 is 0 Å². The van der Waals surface area contributed by atoms with Gasteiger partial charge in [0.05, 0.1) is 13.4 Å². The molecule has 0 aliphatic carbocycles. The van der Waals surface area contributed by atoms with Gasteiger partial charge in [-0.15, -0.1) is 0 Å². The van der Waals surface area contributed by atoms with Crippen LogP contribution in [0.3, 0.4) is 0 Å². The first-order valence-corrected chi connectivity index (χ1v) is 8.34. The summed E-state index contributed by atoms with van der Waals surface area (Å²) in [6, 6.07) is 7.89. The number of nitrogens with zero attached hydrogens (tertiary/aromatic N) is 4. The second-order valence-electron chi connectivity index (χ2n) is 6.05. The molecule has 1 aromatic heterocycles. The van der Waals surface area contributed by atoms with Gasteiger partial charge in [0.25, 0.3) is 0 Å². The normalized spacial score (nSPS) is 16.6. The molecule has 2 heterocycles. The molecule has 1 unspecified atom stereocenters. The highest BCUT2D eigenvalue weighted by Gasteiger charge is 2.24. The third-order valence-electron chi connectivity index (χ3n) is 4.57. The maximum Gasteiger partial charge on any atom is 0.245 e. The predicted molar refractivity (Wildman–Crippen MR) is 93.3 cm³/mol. The van der Waals surface area contributed by atoms with E-state index in [9.17, 15) is 4.79 Å². The summed E-state index contributed by atoms with van der Waals surface area (Å²) in [6.45, 7) is 5.26. The minimum Gasteiger partial charge on any atom is -0.497 e. The Morgan fingerprint density at radius 2 is 1.96 bits per heavy atom. The van der Waals surface area contributed by atoms with Crippen LogP contribution in [0.2, 0.25) is 0 Å². The summed E-state index contributed by atoms with van der Waals surface area (Å²) < 4.78 is 7.07. The van der Waals surface area contributed by atoms with Gasteiger partial charge in [0.15, 0.2) is 0 Å². The third kappa shape index (κ3) is 3.53. The van der Waals surface area contributed by atoms with E-state index in [2.05, 4.69) is 22.0 Å². The van der Waals surface area contributed by atoms with Crippen LogP contribution in [0.1, 0.15) is 19.4 Å². The standard InChI is InChI=1S/C18H24N4O2/c1-15(22-11-8-19-14-22)18(23)21-10-3-9-20(12-13-21)16-4-6-17(24-2)7-5-16/h4-8,11,14-15H,3,9-10,12-13H2,1-2H3. The van der Waals surface area contributed by atoms with E-state index in [4.69, 9.17) is 4.74 Å². The van der Waals surface area contributed by atoms with Crippen LogP contribution in [-0.2, 0) is 4.79 Å². The number of ether oxygens (including phenoxy) is 1. The number of rotatable bonds is 4. The first kappa shape index (κ1) is 16.4. The van der Waals surface area contributed by atoms with Crippen molar-refractivity contribution in [2.45, 2.75) is 19.4 Å². The maximum atomic E-state index is 12.7. The second kappa shape index (κ2) is 7.38. The molecule has 1 aromatic carbocycles. The molecule has 3 rings (SSSR count). The Morgan fingerprint density at radius 3 is 2.62 bits per heavy atom. The summed E-state index contributed by atoms with van der Waals surface area (Å²) in [5.74, 6) is 1.02. The average Bonchev–Trinajstić information content (AvgIpc) is 3.05. The zero-order valence-electron chi connectivity index (χ0n) is 14.3. The van der Waals surface area contributed by atoms with Crippen LogP contribution in [0.5, 0.6) is 5.75 Å². The molecule has 0 spiro atoms. The Kier molecular flexibility index (Phi) is 5.03. The van der Waals surface area contributed by atoms with E-state index in [1.165, 1.54) is 5.69 Å². The van der Waals surface area contributed by atoms with Crippen LogP contribution >= 0.6 is 0 Å². The number of imidazole rings is 1. The molecule has 24 heavy (non-hydrogen) atoms. The van der Waals surface area contributed by atoms with Crippen LogP contribution < -0.4 is 9.64 Å². The van der Waals surface area contributed by atoms with E-state index in [-0.39, 0.29) is 11.9 Å². The number of hydrogen-bond acceptors (Lipinski definition) is 4. The molecule has 1 atom stereocenters. The summed E-state index contributed by atoms with van der Waals surface area (Å²) in [5, 5.41) is 0. The minimum absolute atomic E-state index is 0.157. The van der Waals surface area contributed by atoms with Gasteiger partial charge in [-0.25, -0.2) is 4.98 Å². The largest absolute Gasteiger partial charge is 0.497 e. The molecule has 1 aliphatic heterocycles. The number of hydrogen-bond donors (Lipinski definition) is 0. The predicted octanol–water partition coefficient (Wildman–Crippen LogP) is 2.19. The summed E-state index contributed by atoms with van der Waals surface area (Å²) in [4.78, 5) is 21.0. The number of anilines is 1. The topological polar surface area (TPSA) is 50.6 Å². The van der Waals surface area contributed by atoms with Crippen molar-refractivity contribution in [1.82, 2.24) is 14.5 Å². The Labute approximate surface area is 142 Å². The number of aromatic nitrogens is 2. The van der Waals surface area contributed by atoms with Gasteiger partial charge in [-0.2, -0.15) is 0 Å². The van der Waals surface area contributed by atoms with E-state index in [0.29, 0.717) is 0 Å². The minimum atomic E-state index is -0.208. The van der Waals surface area contributed by atoms with Crippen LogP contribution in [0.15, 0.2) is 43.0 Å². The molecular formula is C18H24N4O2. The molecule has 1 fully saturated rings. The van der Waals surface area contributed by atoms with Gasteiger partial charge in [-0.05, 0) is 37.6 Å². The fourth-order valence-corrected chi connectivity index (χ4v) is 3.08. The zero-order valence-corrected chi connectivity index (χ0v) is 14.3. The molecule has 1 saturated heterocycles. The molecule has 1 amide bonds. The Bertz CT molecular complexity index is 654. The summed E-state index contributed by atoms with van der Waals surface area (Å²) in [5.41, 5.74) is 1.17. The summed E-state index contributed by atoms with van der Waals surface area (Å²) in [6.07, 6.45) is 6.21. The van der Waals surface area contributed by atoms with Gasteiger partial charge in [0.2, 0.25) is 5.91 Å². The Morgan fingerprint density at radius 1 is 1.17 bits per heavy atom. The van der Waals surface area contributed by atoms with Crippen molar-refractivity contribution in [2.75, 3.05) is 38.2 Å². The molecule has 2 aromatic rings.